The number of esters is 1. The number of aromatic nitrogens is 10. The minimum absolute atomic E-state index is 0.0243. The lowest BCUT2D eigenvalue weighted by Gasteiger charge is -2.36. The number of benzene rings is 11. The van der Waals surface area contributed by atoms with Crippen LogP contribution in [-0.4, -0.2) is 210 Å². The van der Waals surface area contributed by atoms with Gasteiger partial charge in [0.15, 0.2) is 11.6 Å². The first-order chi connectivity index (χ1) is 62.5. The SMILES string of the molecule is CCOC(=O)C1CCN(c2nc3cc4ccccc4cc3nc2-c2cccs2)CC1.CCOC(=O)N1CCN(c2cnc3cc4ccccc4cc3n2)CC1.CN1CCN(c2cnc3cc4ccccc4cc3n2)CC1.c1ccc(N2CCN(c3cnc4cc5ccccc5cc4n3)CC2)cc1.c1csc(-c2nc3cc4ccccc4cc3nc2N2CCOCC2)c1. The first-order valence-corrected chi connectivity index (χ1v) is 45.6. The number of nitrogens with zero attached hydrogens (tertiary/aromatic N) is 18. The summed E-state index contributed by atoms with van der Waals surface area (Å²) in [5.74, 6) is 4.59. The van der Waals surface area contributed by atoms with Crippen LogP contribution in [-0.2, 0) is 19.0 Å². The van der Waals surface area contributed by atoms with Crippen molar-refractivity contribution in [2.75, 3.05) is 168 Å². The van der Waals surface area contributed by atoms with E-state index in [9.17, 15) is 9.59 Å². The lowest BCUT2D eigenvalue weighted by atomic mass is 9.97. The molecule has 5 fully saturated rings. The van der Waals surface area contributed by atoms with E-state index in [0.29, 0.717) is 26.3 Å². The molecule has 0 bridgehead atoms. The third-order valence-corrected chi connectivity index (χ3v) is 25.9. The molecule has 5 aliphatic heterocycles. The minimum atomic E-state index is -0.238. The summed E-state index contributed by atoms with van der Waals surface area (Å²) in [6.45, 7) is 20.1. The van der Waals surface area contributed by atoms with Crippen LogP contribution in [0.3, 0.4) is 0 Å². The smallest absolute Gasteiger partial charge is 0.409 e. The van der Waals surface area contributed by atoms with E-state index in [-0.39, 0.29) is 18.0 Å². The number of hydrogen-bond acceptors (Lipinski definition) is 24. The second-order valence-electron chi connectivity index (χ2n) is 32.3. The van der Waals surface area contributed by atoms with Gasteiger partial charge in [-0.3, -0.25) is 19.7 Å². The van der Waals surface area contributed by atoms with E-state index in [1.54, 1.807) is 27.6 Å². The number of likely N-dealkylation sites (N-methyl/N-ethyl adjacent to an activating group) is 1. The monoisotopic (exact) mass is 1720 g/mol. The Balaban J connectivity index is 0.000000104. The number of hydrogen-bond donors (Lipinski definition) is 0. The topological polar surface area (TPSA) is 217 Å². The van der Waals surface area contributed by atoms with Gasteiger partial charge in [-0.05, 0) is 183 Å². The van der Waals surface area contributed by atoms with Crippen LogP contribution in [0, 0.1) is 5.92 Å². The van der Waals surface area contributed by atoms with Gasteiger partial charge in [0.1, 0.15) is 28.8 Å². The molecule has 12 heterocycles. The predicted molar refractivity (Wildman–Crippen MR) is 518 cm³/mol. The first kappa shape index (κ1) is 82.9. The van der Waals surface area contributed by atoms with Crippen LogP contribution in [0.2, 0.25) is 0 Å². The summed E-state index contributed by atoms with van der Waals surface area (Å²) < 4.78 is 15.8. The highest BCUT2D eigenvalue weighted by Gasteiger charge is 2.31. The summed E-state index contributed by atoms with van der Waals surface area (Å²) in [5.41, 5.74) is 12.5. The van der Waals surface area contributed by atoms with Gasteiger partial charge in [0.2, 0.25) is 0 Å². The number of ether oxygens (including phenoxy) is 3. The maximum atomic E-state index is 12.1. The fourth-order valence-corrected chi connectivity index (χ4v) is 18.6. The van der Waals surface area contributed by atoms with Crippen molar-refractivity contribution in [1.82, 2.24) is 59.6 Å². The van der Waals surface area contributed by atoms with Gasteiger partial charge in [0.05, 0.1) is 116 Å². The highest BCUT2D eigenvalue weighted by molar-refractivity contribution is 7.13. The van der Waals surface area contributed by atoms with E-state index in [1.807, 2.05) is 62.8 Å². The molecule has 0 radical (unpaired) electrons. The van der Waals surface area contributed by atoms with Gasteiger partial charge in [0, 0.05) is 110 Å². The lowest BCUT2D eigenvalue weighted by Crippen LogP contribution is -2.49. The summed E-state index contributed by atoms with van der Waals surface area (Å²) >= 11 is 3.38. The van der Waals surface area contributed by atoms with Crippen molar-refractivity contribution in [3.8, 4) is 21.1 Å². The lowest BCUT2D eigenvalue weighted by molar-refractivity contribution is -0.148. The van der Waals surface area contributed by atoms with Crippen molar-refractivity contribution in [3.05, 3.63) is 266 Å². The molecular weight excluding hydrogens is 1620 g/mol. The van der Waals surface area contributed by atoms with Crippen LogP contribution in [0.5, 0.6) is 0 Å². The Morgan fingerprint density at radius 3 is 1.02 bits per heavy atom. The highest BCUT2D eigenvalue weighted by Crippen LogP contribution is 2.39. The molecular formula is C102H98N18O5S2. The average molecular weight is 1720 g/mol. The van der Waals surface area contributed by atoms with E-state index in [2.05, 4.69) is 273 Å². The van der Waals surface area contributed by atoms with Crippen LogP contribution < -0.4 is 29.4 Å². The van der Waals surface area contributed by atoms with Crippen LogP contribution in [0.25, 0.3) is 130 Å². The van der Waals surface area contributed by atoms with Crippen molar-refractivity contribution >= 4 is 179 Å². The van der Waals surface area contributed by atoms with Gasteiger partial charge < -0.3 is 53.4 Å². The number of thiophene rings is 2. The Hall–Kier alpha value is -13.7. The quantitative estimate of drug-likeness (QED) is 0.0868. The maximum absolute atomic E-state index is 12.1. The molecule has 7 aromatic heterocycles. The van der Waals surface area contributed by atoms with Crippen LogP contribution in [0.1, 0.15) is 26.7 Å². The number of piperazine rings is 3. The number of fused-ring (bicyclic) bond motifs is 10. The molecule has 0 atom stereocenters. The van der Waals surface area contributed by atoms with E-state index in [0.717, 1.165) is 234 Å². The third kappa shape index (κ3) is 19.0. The Morgan fingerprint density at radius 1 is 0.339 bits per heavy atom. The molecule has 18 aromatic rings. The third-order valence-electron chi connectivity index (χ3n) is 24.1. The molecule has 5 aliphatic rings. The number of amides is 1. The molecule has 0 spiro atoms. The van der Waals surface area contributed by atoms with E-state index in [4.69, 9.17) is 49.1 Å². The minimum Gasteiger partial charge on any atom is -0.466 e. The van der Waals surface area contributed by atoms with Crippen molar-refractivity contribution in [2.45, 2.75) is 26.7 Å². The molecule has 11 aromatic carbocycles. The zero-order valence-electron chi connectivity index (χ0n) is 71.4. The summed E-state index contributed by atoms with van der Waals surface area (Å²) in [5, 5.41) is 16.0. The molecule has 127 heavy (non-hydrogen) atoms. The number of anilines is 6. The van der Waals surface area contributed by atoms with E-state index < -0.39 is 0 Å². The molecule has 638 valence electrons. The Morgan fingerprint density at radius 2 is 0.661 bits per heavy atom. The summed E-state index contributed by atoms with van der Waals surface area (Å²) in [4.78, 5) is 92.6. The number of morpholine rings is 1. The standard InChI is InChI=1S/C24H23N3O2S.C22H20N4.C20H17N3OS.C19H20N4O2.C17H18N4/c1-2-29-24(28)16-9-11-27(12-10-16)23-22(21-8-5-13-30-21)25-19-14-17-6-3-4-7-18(17)15-20(19)26-23;1-2-8-19(9-3-1)25-10-12-26(13-11-25)22-16-23-20-14-17-6-4-5-7-18(17)15-21(20)24-22;1-2-5-15-13-17-16(12-14(15)4-1)21-19(18-6-3-11-25-18)20(22-17)23-7-9-24-10-8-23;1-2-25-19(24)23-9-7-22(8-10-23)18-13-20-16-11-14-5-3-4-6-15(14)12-17(16)21-18;1-20-6-8-21(9-7-20)17-12-18-15-10-13-4-2-3-5-14(13)11-16(15)19-17/h3-8,13-16H,2,9-12H2,1H3;1-9,14-16H,10-13H2;1-6,11-13H,7-10H2;3-6,11-13H,2,7-10H2,1H3;2-5,10-12H,6-9H2,1H3. The van der Waals surface area contributed by atoms with Crippen molar-refractivity contribution < 1.29 is 23.8 Å². The zero-order chi connectivity index (χ0) is 85.9. The highest BCUT2D eigenvalue weighted by atomic mass is 32.1. The summed E-state index contributed by atoms with van der Waals surface area (Å²) in [6.07, 6.45) is 6.95. The predicted octanol–water partition coefficient (Wildman–Crippen LogP) is 19.3. The van der Waals surface area contributed by atoms with Gasteiger partial charge in [-0.1, -0.05) is 152 Å². The fourth-order valence-electron chi connectivity index (χ4n) is 17.2. The molecule has 0 N–H and O–H groups in total. The summed E-state index contributed by atoms with van der Waals surface area (Å²) in [6, 6.07) is 81.7. The van der Waals surface area contributed by atoms with Crippen LogP contribution >= 0.6 is 22.7 Å². The summed E-state index contributed by atoms with van der Waals surface area (Å²) in [7, 11) is 2.16. The maximum Gasteiger partial charge on any atom is 0.409 e. The largest absolute Gasteiger partial charge is 0.466 e. The molecule has 0 unspecified atom stereocenters. The molecule has 23 nitrogen and oxygen atoms in total. The Kier molecular flexibility index (Phi) is 25.1. The zero-order valence-corrected chi connectivity index (χ0v) is 73.1. The van der Waals surface area contributed by atoms with E-state index >= 15 is 0 Å². The molecule has 5 saturated heterocycles. The van der Waals surface area contributed by atoms with Crippen LogP contribution in [0.15, 0.2) is 266 Å². The number of piperidine rings is 1. The van der Waals surface area contributed by atoms with Gasteiger partial charge in [-0.25, -0.2) is 39.7 Å². The van der Waals surface area contributed by atoms with Gasteiger partial charge in [-0.2, -0.15) is 0 Å². The molecule has 23 rings (SSSR count). The second kappa shape index (κ2) is 38.4. The number of carbonyl (C=O) groups excluding carboxylic acids is 2. The first-order valence-electron chi connectivity index (χ1n) is 43.9. The molecule has 0 aliphatic carbocycles. The van der Waals surface area contributed by atoms with Crippen molar-refractivity contribution in [3.63, 3.8) is 0 Å². The van der Waals surface area contributed by atoms with E-state index in [1.165, 1.54) is 48.8 Å². The number of rotatable bonds is 11. The van der Waals surface area contributed by atoms with Gasteiger partial charge in [-0.15, -0.1) is 22.7 Å². The Labute approximate surface area is 744 Å². The molecule has 0 saturated carbocycles. The van der Waals surface area contributed by atoms with Crippen molar-refractivity contribution in [2.24, 2.45) is 5.92 Å². The number of carbonyl (C=O) groups is 2. The molecule has 25 heteroatoms. The van der Waals surface area contributed by atoms with Gasteiger partial charge >= 0.3 is 12.1 Å². The van der Waals surface area contributed by atoms with Gasteiger partial charge in [0.25, 0.3) is 0 Å². The Bertz CT molecular complexity index is 6920. The van der Waals surface area contributed by atoms with Crippen molar-refractivity contribution in [1.29, 1.82) is 0 Å². The van der Waals surface area contributed by atoms with Crippen LogP contribution in [0.4, 0.5) is 39.6 Å². The number of para-hydroxylation sites is 1. The normalized spacial score (nSPS) is 15.3. The fraction of sp³-hybridized carbons (Fsp3) is 0.255. The average Bonchev–Trinajstić information content (AvgIpc) is 1.70. The second-order valence-corrected chi connectivity index (χ2v) is 34.2. The molecule has 1 amide bonds.